The first-order valence-corrected chi connectivity index (χ1v) is 7.82. The van der Waals surface area contributed by atoms with Crippen LogP contribution in [-0.2, 0) is 0 Å². The number of carbonyl (C=O) groups is 1. The Labute approximate surface area is 143 Å². The van der Waals surface area contributed by atoms with E-state index in [2.05, 4.69) is 0 Å². The molecule has 0 aromatic heterocycles. The Kier molecular flexibility index (Phi) is 6.58. The van der Waals surface area contributed by atoms with Gasteiger partial charge in [-0.3, -0.25) is 4.79 Å². The van der Waals surface area contributed by atoms with Crippen LogP contribution in [0.5, 0.6) is 11.5 Å². The molecule has 0 amide bonds. The summed E-state index contributed by atoms with van der Waals surface area (Å²) >= 11 is 0. The zero-order valence-electron chi connectivity index (χ0n) is 14.4. The van der Waals surface area contributed by atoms with Crippen LogP contribution in [0.15, 0.2) is 54.6 Å². The van der Waals surface area contributed by atoms with E-state index in [1.165, 1.54) is 0 Å². The van der Waals surface area contributed by atoms with Crippen molar-refractivity contribution >= 4 is 11.9 Å². The fourth-order valence-electron chi connectivity index (χ4n) is 2.07. The number of hydrogen-bond acceptors (Lipinski definition) is 4. The highest BCUT2D eigenvalue weighted by Gasteiger charge is 2.04. The van der Waals surface area contributed by atoms with Gasteiger partial charge in [0, 0.05) is 12.1 Å². The van der Waals surface area contributed by atoms with E-state index in [9.17, 15) is 4.79 Å². The van der Waals surface area contributed by atoms with Crippen molar-refractivity contribution < 1.29 is 14.3 Å². The van der Waals surface area contributed by atoms with E-state index in [0.717, 1.165) is 17.9 Å². The molecule has 0 fully saturated rings. The first-order chi connectivity index (χ1) is 11.6. The second kappa shape index (κ2) is 8.89. The lowest BCUT2D eigenvalue weighted by molar-refractivity contribution is 0.104. The second-order valence-corrected chi connectivity index (χ2v) is 5.65. The maximum atomic E-state index is 12.3. The highest BCUT2D eigenvalue weighted by molar-refractivity contribution is 6.07. The molecule has 0 bridgehead atoms. The van der Waals surface area contributed by atoms with E-state index < -0.39 is 0 Å². The number of rotatable bonds is 8. The predicted octanol–water partition coefficient (Wildman–Crippen LogP) is 3.53. The summed E-state index contributed by atoms with van der Waals surface area (Å²) < 4.78 is 10.8. The van der Waals surface area contributed by atoms with Gasteiger partial charge in [0.2, 0.25) is 0 Å². The quantitative estimate of drug-likeness (QED) is 0.550. The van der Waals surface area contributed by atoms with Gasteiger partial charge in [0.15, 0.2) is 5.78 Å². The van der Waals surface area contributed by atoms with Crippen molar-refractivity contribution in [2.45, 2.75) is 0 Å². The molecule has 0 aliphatic heterocycles. The van der Waals surface area contributed by atoms with Gasteiger partial charge in [-0.2, -0.15) is 0 Å². The average Bonchev–Trinajstić information content (AvgIpc) is 2.60. The molecule has 0 saturated heterocycles. The summed E-state index contributed by atoms with van der Waals surface area (Å²) in [6, 6.07) is 14.8. The number of ether oxygens (including phenoxy) is 2. The summed E-state index contributed by atoms with van der Waals surface area (Å²) in [7, 11) is 5.61. The highest BCUT2D eigenvalue weighted by atomic mass is 16.5. The first kappa shape index (κ1) is 17.8. The van der Waals surface area contributed by atoms with Crippen LogP contribution in [0.4, 0.5) is 0 Å². The number of benzene rings is 2. The summed E-state index contributed by atoms with van der Waals surface area (Å²) in [5.74, 6) is 1.45. The lowest BCUT2D eigenvalue weighted by atomic mass is 10.1. The van der Waals surface area contributed by atoms with Crippen LogP contribution >= 0.6 is 0 Å². The molecule has 0 unspecified atom stereocenters. The van der Waals surface area contributed by atoms with E-state index in [1.54, 1.807) is 31.4 Å². The van der Waals surface area contributed by atoms with Crippen molar-refractivity contribution in [3.8, 4) is 11.5 Å². The average molecular weight is 325 g/mol. The Balaban J connectivity index is 1.99. The van der Waals surface area contributed by atoms with Gasteiger partial charge in [0.25, 0.3) is 0 Å². The van der Waals surface area contributed by atoms with Crippen molar-refractivity contribution in [1.29, 1.82) is 0 Å². The monoisotopic (exact) mass is 325 g/mol. The van der Waals surface area contributed by atoms with Crippen LogP contribution < -0.4 is 9.47 Å². The minimum Gasteiger partial charge on any atom is -0.497 e. The Bertz CT molecular complexity index is 690. The van der Waals surface area contributed by atoms with Crippen LogP contribution in [0.3, 0.4) is 0 Å². The standard InChI is InChI=1S/C20H23NO3/c1-21(2)13-14-24-19-6-4-5-17(15-19)20(22)12-9-16-7-10-18(23-3)11-8-16/h4-12,15H,13-14H2,1-3H3. The normalized spacial score (nSPS) is 11.0. The van der Waals surface area contributed by atoms with Crippen molar-refractivity contribution in [3.05, 3.63) is 65.7 Å². The van der Waals surface area contributed by atoms with Crippen molar-refractivity contribution in [3.63, 3.8) is 0 Å². The molecule has 0 spiro atoms. The van der Waals surface area contributed by atoms with Crippen molar-refractivity contribution in [2.24, 2.45) is 0 Å². The van der Waals surface area contributed by atoms with Crippen molar-refractivity contribution in [1.82, 2.24) is 4.90 Å². The number of carbonyl (C=O) groups excluding carboxylic acids is 1. The van der Waals surface area contributed by atoms with Crippen LogP contribution in [-0.4, -0.2) is 45.0 Å². The van der Waals surface area contributed by atoms with Gasteiger partial charge in [-0.15, -0.1) is 0 Å². The van der Waals surface area contributed by atoms with Crippen LogP contribution in [0.1, 0.15) is 15.9 Å². The van der Waals surface area contributed by atoms with Crippen LogP contribution in [0.25, 0.3) is 6.08 Å². The molecule has 4 heteroatoms. The lowest BCUT2D eigenvalue weighted by Crippen LogP contribution is -2.19. The fourth-order valence-corrected chi connectivity index (χ4v) is 2.07. The molecule has 2 aromatic carbocycles. The topological polar surface area (TPSA) is 38.8 Å². The molecule has 0 radical (unpaired) electrons. The number of methoxy groups -OCH3 is 1. The third-order valence-electron chi connectivity index (χ3n) is 3.47. The van der Waals surface area contributed by atoms with Gasteiger partial charge in [-0.05, 0) is 50.0 Å². The van der Waals surface area contributed by atoms with E-state index in [-0.39, 0.29) is 5.78 Å². The van der Waals surface area contributed by atoms with E-state index in [0.29, 0.717) is 17.9 Å². The summed E-state index contributed by atoms with van der Waals surface area (Å²) in [5, 5.41) is 0. The number of allylic oxidation sites excluding steroid dienone is 1. The number of hydrogen-bond donors (Lipinski definition) is 0. The molecule has 2 aromatic rings. The molecule has 2 rings (SSSR count). The molecule has 24 heavy (non-hydrogen) atoms. The molecule has 126 valence electrons. The van der Waals surface area contributed by atoms with E-state index in [1.807, 2.05) is 55.4 Å². The maximum Gasteiger partial charge on any atom is 0.185 e. The van der Waals surface area contributed by atoms with Gasteiger partial charge >= 0.3 is 0 Å². The molecule has 0 heterocycles. The van der Waals surface area contributed by atoms with E-state index in [4.69, 9.17) is 9.47 Å². The SMILES string of the molecule is COc1ccc(C=CC(=O)c2cccc(OCCN(C)C)c2)cc1. The molecule has 4 nitrogen and oxygen atoms in total. The first-order valence-electron chi connectivity index (χ1n) is 7.82. The highest BCUT2D eigenvalue weighted by Crippen LogP contribution is 2.16. The maximum absolute atomic E-state index is 12.3. The van der Waals surface area contributed by atoms with Gasteiger partial charge in [0.05, 0.1) is 7.11 Å². The molecular weight excluding hydrogens is 302 g/mol. The zero-order chi connectivity index (χ0) is 17.4. The van der Waals surface area contributed by atoms with Gasteiger partial charge < -0.3 is 14.4 Å². The largest absolute Gasteiger partial charge is 0.497 e. The smallest absolute Gasteiger partial charge is 0.185 e. The van der Waals surface area contributed by atoms with Crippen molar-refractivity contribution in [2.75, 3.05) is 34.4 Å². The van der Waals surface area contributed by atoms with Gasteiger partial charge in [0.1, 0.15) is 18.1 Å². The Morgan fingerprint density at radius 3 is 2.50 bits per heavy atom. The number of likely N-dealkylation sites (N-methyl/N-ethyl adjacent to an activating group) is 1. The number of ketones is 1. The van der Waals surface area contributed by atoms with Gasteiger partial charge in [-0.1, -0.05) is 30.3 Å². The van der Waals surface area contributed by atoms with E-state index >= 15 is 0 Å². The second-order valence-electron chi connectivity index (χ2n) is 5.65. The fraction of sp³-hybridized carbons (Fsp3) is 0.250. The molecule has 0 aliphatic rings. The number of nitrogens with zero attached hydrogens (tertiary/aromatic N) is 1. The molecule has 0 N–H and O–H groups in total. The minimum atomic E-state index is -0.0520. The summed E-state index contributed by atoms with van der Waals surface area (Å²) in [6.07, 6.45) is 3.36. The molecule has 0 atom stereocenters. The Hall–Kier alpha value is -2.59. The zero-order valence-corrected chi connectivity index (χ0v) is 14.4. The lowest BCUT2D eigenvalue weighted by Gasteiger charge is -2.11. The summed E-state index contributed by atoms with van der Waals surface area (Å²) in [6.45, 7) is 1.42. The van der Waals surface area contributed by atoms with Crippen LogP contribution in [0, 0.1) is 0 Å². The minimum absolute atomic E-state index is 0.0520. The Morgan fingerprint density at radius 1 is 1.08 bits per heavy atom. The summed E-state index contributed by atoms with van der Waals surface area (Å²) in [4.78, 5) is 14.3. The summed E-state index contributed by atoms with van der Waals surface area (Å²) in [5.41, 5.74) is 1.56. The molecular formula is C20H23NO3. The third kappa shape index (κ3) is 5.56. The Morgan fingerprint density at radius 2 is 1.83 bits per heavy atom. The van der Waals surface area contributed by atoms with Crippen LogP contribution in [0.2, 0.25) is 0 Å². The third-order valence-corrected chi connectivity index (χ3v) is 3.47. The molecule has 0 aliphatic carbocycles. The predicted molar refractivity (Wildman–Crippen MR) is 96.8 cm³/mol. The molecule has 0 saturated carbocycles. The van der Waals surface area contributed by atoms with Gasteiger partial charge in [-0.25, -0.2) is 0 Å².